The van der Waals surface area contributed by atoms with Gasteiger partial charge in [-0.3, -0.25) is 0 Å². The van der Waals surface area contributed by atoms with E-state index in [4.69, 9.17) is 0 Å². The lowest BCUT2D eigenvalue weighted by atomic mass is 10.0. The molecule has 0 aliphatic carbocycles. The van der Waals surface area contributed by atoms with Crippen molar-refractivity contribution >= 4 is 28.7 Å². The smallest absolute Gasteiger partial charge is 0.0462 e. The second-order valence-electron chi connectivity index (χ2n) is 8.29. The highest BCUT2D eigenvalue weighted by atomic mass is 15.1. The van der Waals surface area contributed by atoms with Gasteiger partial charge in [-0.25, -0.2) is 0 Å². The first kappa shape index (κ1) is 20.7. The van der Waals surface area contributed by atoms with Gasteiger partial charge in [0.05, 0.1) is 0 Å². The number of benzene rings is 4. The highest BCUT2D eigenvalue weighted by Crippen LogP contribution is 2.35. The van der Waals surface area contributed by atoms with E-state index in [1.807, 2.05) is 0 Å². The Bertz CT molecular complexity index is 1120. The molecule has 4 aromatic carbocycles. The molecule has 0 aliphatic heterocycles. The average Bonchev–Trinajstić information content (AvgIpc) is 2.78. The van der Waals surface area contributed by atoms with Crippen molar-refractivity contribution < 1.29 is 0 Å². The van der Waals surface area contributed by atoms with Crippen molar-refractivity contribution in [1.82, 2.24) is 0 Å². The molecule has 0 heterocycles. The number of anilines is 3. The summed E-state index contributed by atoms with van der Waals surface area (Å²) in [5.74, 6) is 0. The van der Waals surface area contributed by atoms with Crippen molar-refractivity contribution in [2.45, 2.75) is 27.7 Å². The summed E-state index contributed by atoms with van der Waals surface area (Å²) in [5.41, 5.74) is 11.0. The zero-order chi connectivity index (χ0) is 21.8. The van der Waals surface area contributed by atoms with Crippen molar-refractivity contribution in [2.24, 2.45) is 0 Å². The first-order valence-corrected chi connectivity index (χ1v) is 10.8. The van der Waals surface area contributed by atoms with E-state index in [0.717, 1.165) is 17.1 Å². The molecule has 0 unspecified atom stereocenters. The normalized spacial score (nSPS) is 11.4. The molecule has 0 aromatic heterocycles. The summed E-state index contributed by atoms with van der Waals surface area (Å²) < 4.78 is 0. The Hall–Kier alpha value is -3.58. The molecule has 4 rings (SSSR count). The molecule has 0 saturated heterocycles. The second kappa shape index (κ2) is 9.06. The van der Waals surface area contributed by atoms with Gasteiger partial charge < -0.3 is 4.90 Å². The molecule has 0 N–H and O–H groups in total. The fraction of sp³-hybridized carbons (Fsp3) is 0.133. The Morgan fingerprint density at radius 2 is 0.871 bits per heavy atom. The van der Waals surface area contributed by atoms with Gasteiger partial charge in [-0.2, -0.15) is 0 Å². The topological polar surface area (TPSA) is 3.24 Å². The summed E-state index contributed by atoms with van der Waals surface area (Å²) in [4.78, 5) is 2.31. The van der Waals surface area contributed by atoms with Crippen LogP contribution in [0.5, 0.6) is 0 Å². The van der Waals surface area contributed by atoms with Gasteiger partial charge in [0.1, 0.15) is 0 Å². The molecule has 0 fully saturated rings. The lowest BCUT2D eigenvalue weighted by molar-refractivity contribution is 1.27. The summed E-state index contributed by atoms with van der Waals surface area (Å²) in [5, 5.41) is 0. The molecule has 0 bridgehead atoms. The van der Waals surface area contributed by atoms with Crippen LogP contribution in [0.15, 0.2) is 97.1 Å². The van der Waals surface area contributed by atoms with Crippen LogP contribution in [0.1, 0.15) is 34.7 Å². The first-order valence-electron chi connectivity index (χ1n) is 10.8. The maximum Gasteiger partial charge on any atom is 0.0462 e. The minimum absolute atomic E-state index is 1.15. The zero-order valence-corrected chi connectivity index (χ0v) is 18.8. The Labute approximate surface area is 186 Å². The van der Waals surface area contributed by atoms with Crippen LogP contribution in [0.4, 0.5) is 17.1 Å². The Morgan fingerprint density at radius 1 is 0.516 bits per heavy atom. The highest BCUT2D eigenvalue weighted by Gasteiger charge is 2.12. The maximum absolute atomic E-state index is 2.31. The van der Waals surface area contributed by atoms with Crippen LogP contribution < -0.4 is 4.90 Å². The maximum atomic E-state index is 2.31. The molecular formula is C30H29N. The third-order valence-electron chi connectivity index (χ3n) is 5.63. The molecule has 0 atom stereocenters. The lowest BCUT2D eigenvalue weighted by Crippen LogP contribution is -2.09. The van der Waals surface area contributed by atoms with E-state index >= 15 is 0 Å². The molecule has 154 valence electrons. The predicted molar refractivity (Wildman–Crippen MR) is 135 cm³/mol. The number of hydrogen-bond donors (Lipinski definition) is 0. The molecule has 0 aliphatic rings. The van der Waals surface area contributed by atoms with E-state index in [0.29, 0.717) is 0 Å². The Morgan fingerprint density at radius 3 is 1.29 bits per heavy atom. The standard InChI is InChI=1S/C30H29N/c1-22-5-11-26(12-6-22)21-25(4)27-13-19-30(20-14-27)31(28-15-7-23(2)8-16-28)29-17-9-24(3)10-18-29/h5-21H,1-4H3/b25-21+. The van der Waals surface area contributed by atoms with E-state index in [1.165, 1.54) is 33.4 Å². The SMILES string of the molecule is C/C(=C\c1ccc(C)cc1)c1ccc(N(c2ccc(C)cc2)c2ccc(C)cc2)cc1. The van der Waals surface area contributed by atoms with Gasteiger partial charge in [-0.05, 0) is 80.8 Å². The van der Waals surface area contributed by atoms with Crippen LogP contribution >= 0.6 is 0 Å². The molecule has 0 radical (unpaired) electrons. The van der Waals surface area contributed by atoms with E-state index < -0.39 is 0 Å². The van der Waals surface area contributed by atoms with Gasteiger partial charge in [0, 0.05) is 17.1 Å². The van der Waals surface area contributed by atoms with Gasteiger partial charge in [0.25, 0.3) is 0 Å². The van der Waals surface area contributed by atoms with Crippen molar-refractivity contribution in [3.63, 3.8) is 0 Å². The molecular weight excluding hydrogens is 374 g/mol. The van der Waals surface area contributed by atoms with E-state index in [1.54, 1.807) is 0 Å². The van der Waals surface area contributed by atoms with Crippen molar-refractivity contribution in [3.8, 4) is 0 Å². The molecule has 4 aromatic rings. The van der Waals surface area contributed by atoms with Gasteiger partial charge >= 0.3 is 0 Å². The Kier molecular flexibility index (Phi) is 6.04. The van der Waals surface area contributed by atoms with Gasteiger partial charge in [-0.1, -0.05) is 83.4 Å². The second-order valence-corrected chi connectivity index (χ2v) is 8.29. The van der Waals surface area contributed by atoms with Crippen molar-refractivity contribution in [2.75, 3.05) is 4.90 Å². The number of aryl methyl sites for hydroxylation is 3. The van der Waals surface area contributed by atoms with Crippen LogP contribution in [-0.2, 0) is 0 Å². The van der Waals surface area contributed by atoms with Crippen molar-refractivity contribution in [1.29, 1.82) is 0 Å². The molecule has 0 saturated carbocycles. The molecule has 31 heavy (non-hydrogen) atoms. The third-order valence-corrected chi connectivity index (χ3v) is 5.63. The van der Waals surface area contributed by atoms with E-state index in [-0.39, 0.29) is 0 Å². The zero-order valence-electron chi connectivity index (χ0n) is 18.8. The lowest BCUT2D eigenvalue weighted by Gasteiger charge is -2.26. The van der Waals surface area contributed by atoms with Gasteiger partial charge in [0.15, 0.2) is 0 Å². The van der Waals surface area contributed by atoms with Crippen LogP contribution in [0.2, 0.25) is 0 Å². The molecule has 0 spiro atoms. The summed E-state index contributed by atoms with van der Waals surface area (Å²) in [6.45, 7) is 8.54. The first-order chi connectivity index (χ1) is 15.0. The summed E-state index contributed by atoms with van der Waals surface area (Å²) in [6.07, 6.45) is 2.24. The number of nitrogens with zero attached hydrogens (tertiary/aromatic N) is 1. The number of hydrogen-bond acceptors (Lipinski definition) is 1. The summed E-state index contributed by atoms with van der Waals surface area (Å²) in [7, 11) is 0. The largest absolute Gasteiger partial charge is 0.311 e. The molecule has 1 heteroatoms. The van der Waals surface area contributed by atoms with Crippen LogP contribution in [0.3, 0.4) is 0 Å². The fourth-order valence-electron chi connectivity index (χ4n) is 3.70. The number of rotatable bonds is 5. The molecule has 0 amide bonds. The number of allylic oxidation sites excluding steroid dienone is 1. The summed E-state index contributed by atoms with van der Waals surface area (Å²) >= 11 is 0. The monoisotopic (exact) mass is 403 g/mol. The minimum Gasteiger partial charge on any atom is -0.311 e. The van der Waals surface area contributed by atoms with Crippen LogP contribution in [0, 0.1) is 20.8 Å². The van der Waals surface area contributed by atoms with Crippen LogP contribution in [-0.4, -0.2) is 0 Å². The van der Waals surface area contributed by atoms with Gasteiger partial charge in [0.2, 0.25) is 0 Å². The fourth-order valence-corrected chi connectivity index (χ4v) is 3.70. The average molecular weight is 404 g/mol. The van der Waals surface area contributed by atoms with Gasteiger partial charge in [-0.15, -0.1) is 0 Å². The Balaban J connectivity index is 1.68. The highest BCUT2D eigenvalue weighted by molar-refractivity contribution is 5.82. The van der Waals surface area contributed by atoms with Crippen LogP contribution in [0.25, 0.3) is 11.6 Å². The third kappa shape index (κ3) is 4.95. The minimum atomic E-state index is 1.15. The van der Waals surface area contributed by atoms with E-state index in [9.17, 15) is 0 Å². The van der Waals surface area contributed by atoms with E-state index in [2.05, 4.69) is 136 Å². The van der Waals surface area contributed by atoms with Crippen molar-refractivity contribution in [3.05, 3.63) is 125 Å². The quantitative estimate of drug-likeness (QED) is 0.301. The predicted octanol–water partition coefficient (Wildman–Crippen LogP) is 8.64. The molecule has 1 nitrogen and oxygen atoms in total. The summed E-state index contributed by atoms with van der Waals surface area (Å²) in [6, 6.07) is 34.9.